The van der Waals surface area contributed by atoms with Gasteiger partial charge >= 0.3 is 5.97 Å². The van der Waals surface area contributed by atoms with E-state index in [0.717, 1.165) is 0 Å². The van der Waals surface area contributed by atoms with Gasteiger partial charge < -0.3 is 5.11 Å². The molecule has 0 radical (unpaired) electrons. The lowest BCUT2D eigenvalue weighted by atomic mass is 10.1. The van der Waals surface area contributed by atoms with Gasteiger partial charge in [0.05, 0.1) is 15.6 Å². The molecule has 1 aromatic carbocycles. The zero-order valence-corrected chi connectivity index (χ0v) is 7.84. The van der Waals surface area contributed by atoms with Crippen LogP contribution in [0.5, 0.6) is 0 Å². The van der Waals surface area contributed by atoms with Crippen molar-refractivity contribution in [2.75, 3.05) is 0 Å². The molecule has 3 nitrogen and oxygen atoms in total. The van der Waals surface area contributed by atoms with Gasteiger partial charge in [0.25, 0.3) is 0 Å². The van der Waals surface area contributed by atoms with Crippen LogP contribution in [0.1, 0.15) is 20.7 Å². The second kappa shape index (κ2) is 3.66. The summed E-state index contributed by atoms with van der Waals surface area (Å²) in [5.41, 5.74) is -0.780. The summed E-state index contributed by atoms with van der Waals surface area (Å²) >= 11 is 2.84. The minimum Gasteiger partial charge on any atom is -0.478 e. The molecule has 0 saturated heterocycles. The Labute approximate surface area is 81.3 Å². The van der Waals surface area contributed by atoms with Crippen LogP contribution < -0.4 is 0 Å². The molecule has 13 heavy (non-hydrogen) atoms. The van der Waals surface area contributed by atoms with E-state index in [1.807, 2.05) is 0 Å². The Bertz CT molecular complexity index is 376. The summed E-state index contributed by atoms with van der Waals surface area (Å²) in [5.74, 6) is -2.18. The second-order valence-electron chi connectivity index (χ2n) is 2.25. The van der Waals surface area contributed by atoms with Crippen molar-refractivity contribution in [1.82, 2.24) is 0 Å². The van der Waals surface area contributed by atoms with E-state index in [2.05, 4.69) is 15.9 Å². The number of carbonyl (C=O) groups is 2. The van der Waals surface area contributed by atoms with Crippen molar-refractivity contribution in [3.63, 3.8) is 0 Å². The number of hydrogen-bond acceptors (Lipinski definition) is 2. The van der Waals surface area contributed by atoms with Gasteiger partial charge in [-0.1, -0.05) is 0 Å². The molecule has 0 fully saturated rings. The molecule has 0 aliphatic carbocycles. The van der Waals surface area contributed by atoms with E-state index in [1.54, 1.807) is 0 Å². The molecule has 0 spiro atoms. The fourth-order valence-corrected chi connectivity index (χ4v) is 1.21. The first kappa shape index (κ1) is 9.85. The monoisotopic (exact) mass is 246 g/mol. The van der Waals surface area contributed by atoms with Crippen LogP contribution in [0.15, 0.2) is 16.6 Å². The van der Waals surface area contributed by atoms with Gasteiger partial charge in [-0.15, -0.1) is 0 Å². The SMILES string of the molecule is O=Cc1c(C(=O)O)ccc(Br)c1F. The predicted octanol–water partition coefficient (Wildman–Crippen LogP) is 2.10. The number of hydrogen-bond donors (Lipinski definition) is 1. The average Bonchev–Trinajstić information content (AvgIpc) is 2.09. The summed E-state index contributed by atoms with van der Waals surface area (Å²) in [6.07, 6.45) is 0.184. The molecule has 1 aromatic rings. The Morgan fingerprint density at radius 3 is 2.62 bits per heavy atom. The lowest BCUT2D eigenvalue weighted by Gasteiger charge is -2.01. The molecule has 0 atom stereocenters. The molecule has 0 unspecified atom stereocenters. The number of aldehydes is 1. The number of aromatic carboxylic acids is 1. The Morgan fingerprint density at radius 1 is 1.54 bits per heavy atom. The summed E-state index contributed by atoms with van der Waals surface area (Å²) in [5, 5.41) is 8.57. The Morgan fingerprint density at radius 2 is 2.15 bits per heavy atom. The highest BCUT2D eigenvalue weighted by Crippen LogP contribution is 2.20. The summed E-state index contributed by atoms with van der Waals surface area (Å²) in [7, 11) is 0. The second-order valence-corrected chi connectivity index (χ2v) is 3.10. The zero-order chi connectivity index (χ0) is 10.0. The molecule has 0 amide bonds. The molecular weight excluding hydrogens is 243 g/mol. The average molecular weight is 247 g/mol. The van der Waals surface area contributed by atoms with Crippen molar-refractivity contribution in [1.29, 1.82) is 0 Å². The third-order valence-electron chi connectivity index (χ3n) is 1.48. The molecule has 0 aliphatic rings. The molecule has 0 aromatic heterocycles. The Balaban J connectivity index is 3.47. The van der Waals surface area contributed by atoms with Crippen LogP contribution in [-0.4, -0.2) is 17.4 Å². The molecular formula is C8H4BrFO3. The molecule has 0 bridgehead atoms. The summed E-state index contributed by atoms with van der Waals surface area (Å²) in [6, 6.07) is 2.41. The van der Waals surface area contributed by atoms with Gasteiger partial charge in [-0.25, -0.2) is 9.18 Å². The first-order valence-electron chi connectivity index (χ1n) is 3.24. The number of carboxylic acid groups (broad SMARTS) is 1. The fraction of sp³-hybridized carbons (Fsp3) is 0. The van der Waals surface area contributed by atoms with Crippen molar-refractivity contribution in [3.05, 3.63) is 33.5 Å². The van der Waals surface area contributed by atoms with E-state index < -0.39 is 17.3 Å². The topological polar surface area (TPSA) is 54.4 Å². The van der Waals surface area contributed by atoms with Gasteiger partial charge in [0.1, 0.15) is 5.82 Å². The quantitative estimate of drug-likeness (QED) is 0.814. The van der Waals surface area contributed by atoms with Crippen molar-refractivity contribution in [3.8, 4) is 0 Å². The largest absolute Gasteiger partial charge is 0.478 e. The van der Waals surface area contributed by atoms with E-state index in [0.29, 0.717) is 0 Å². The highest BCUT2D eigenvalue weighted by Gasteiger charge is 2.15. The van der Waals surface area contributed by atoms with Crippen molar-refractivity contribution in [2.24, 2.45) is 0 Å². The van der Waals surface area contributed by atoms with Crippen LogP contribution in [0.25, 0.3) is 0 Å². The standard InChI is InChI=1S/C8H4BrFO3/c9-6-2-1-4(8(12)13)5(3-11)7(6)10/h1-3H,(H,12,13). The van der Waals surface area contributed by atoms with Gasteiger partial charge in [0.2, 0.25) is 0 Å². The van der Waals surface area contributed by atoms with Crippen molar-refractivity contribution in [2.45, 2.75) is 0 Å². The molecule has 1 rings (SSSR count). The van der Waals surface area contributed by atoms with Crippen LogP contribution in [0.2, 0.25) is 0 Å². The smallest absolute Gasteiger partial charge is 0.336 e. The number of carboxylic acids is 1. The Hall–Kier alpha value is -1.23. The van der Waals surface area contributed by atoms with Crippen LogP contribution >= 0.6 is 15.9 Å². The number of carbonyl (C=O) groups excluding carboxylic acids is 1. The molecule has 68 valence electrons. The maximum absolute atomic E-state index is 13.1. The molecule has 0 heterocycles. The van der Waals surface area contributed by atoms with Crippen LogP contribution in [0.3, 0.4) is 0 Å². The van der Waals surface area contributed by atoms with E-state index >= 15 is 0 Å². The van der Waals surface area contributed by atoms with Crippen LogP contribution in [-0.2, 0) is 0 Å². The van der Waals surface area contributed by atoms with Gasteiger partial charge in [-0.05, 0) is 28.1 Å². The zero-order valence-electron chi connectivity index (χ0n) is 6.25. The fourth-order valence-electron chi connectivity index (χ4n) is 0.868. The molecule has 0 saturated carbocycles. The molecule has 0 aliphatic heterocycles. The van der Waals surface area contributed by atoms with Crippen molar-refractivity contribution < 1.29 is 19.1 Å². The van der Waals surface area contributed by atoms with Gasteiger partial charge in [0, 0.05) is 0 Å². The highest BCUT2D eigenvalue weighted by molar-refractivity contribution is 9.10. The van der Waals surface area contributed by atoms with E-state index in [-0.39, 0.29) is 16.3 Å². The van der Waals surface area contributed by atoms with Gasteiger partial charge in [0.15, 0.2) is 6.29 Å². The summed E-state index contributed by atoms with van der Waals surface area (Å²) in [4.78, 5) is 20.9. The lowest BCUT2D eigenvalue weighted by Crippen LogP contribution is -2.04. The van der Waals surface area contributed by atoms with Gasteiger partial charge in [-0.2, -0.15) is 0 Å². The number of rotatable bonds is 2. The summed E-state index contributed by atoms with van der Waals surface area (Å²) in [6.45, 7) is 0. The lowest BCUT2D eigenvalue weighted by molar-refractivity contribution is 0.0693. The van der Waals surface area contributed by atoms with E-state index in [9.17, 15) is 14.0 Å². The van der Waals surface area contributed by atoms with Crippen LogP contribution in [0, 0.1) is 5.82 Å². The minimum absolute atomic E-state index is 0.0691. The van der Waals surface area contributed by atoms with Crippen LogP contribution in [0.4, 0.5) is 4.39 Å². The Kier molecular flexibility index (Phi) is 2.77. The van der Waals surface area contributed by atoms with E-state index in [1.165, 1.54) is 12.1 Å². The molecule has 5 heteroatoms. The number of benzene rings is 1. The first-order chi connectivity index (χ1) is 6.07. The first-order valence-corrected chi connectivity index (χ1v) is 4.03. The maximum atomic E-state index is 13.1. The number of halogens is 2. The maximum Gasteiger partial charge on any atom is 0.336 e. The summed E-state index contributed by atoms with van der Waals surface area (Å²) < 4.78 is 13.2. The minimum atomic E-state index is -1.33. The molecule has 1 N–H and O–H groups in total. The third-order valence-corrected chi connectivity index (χ3v) is 2.09. The predicted molar refractivity (Wildman–Crippen MR) is 46.4 cm³/mol. The van der Waals surface area contributed by atoms with E-state index in [4.69, 9.17) is 5.11 Å². The van der Waals surface area contributed by atoms with Gasteiger partial charge in [-0.3, -0.25) is 4.79 Å². The normalized spacial score (nSPS) is 9.69. The highest BCUT2D eigenvalue weighted by atomic mass is 79.9. The third kappa shape index (κ3) is 1.75. The van der Waals surface area contributed by atoms with Crippen molar-refractivity contribution >= 4 is 28.2 Å².